The molecule has 0 unspecified atom stereocenters. The van der Waals surface area contributed by atoms with Crippen molar-refractivity contribution in [2.75, 3.05) is 24.7 Å². The number of anilines is 2. The molecule has 1 aliphatic carbocycles. The second-order valence-electron chi connectivity index (χ2n) is 8.75. The van der Waals surface area contributed by atoms with Gasteiger partial charge in [-0.1, -0.05) is 6.07 Å². The van der Waals surface area contributed by atoms with Crippen molar-refractivity contribution in [2.45, 2.75) is 24.9 Å². The van der Waals surface area contributed by atoms with Crippen LogP contribution in [0.25, 0.3) is 22.3 Å². The number of fused-ring (bicyclic) bond motifs is 3. The maximum absolute atomic E-state index is 12.8. The number of rotatable bonds is 5. The van der Waals surface area contributed by atoms with Gasteiger partial charge in [0.25, 0.3) is 5.91 Å². The van der Waals surface area contributed by atoms with E-state index in [9.17, 15) is 4.79 Å². The van der Waals surface area contributed by atoms with Crippen molar-refractivity contribution < 1.29 is 9.53 Å². The van der Waals surface area contributed by atoms with Gasteiger partial charge in [-0.25, -0.2) is 19.6 Å². The molecular weight excluding hydrogens is 432 g/mol. The molecule has 3 aromatic heterocycles. The molecule has 10 nitrogen and oxygen atoms in total. The third-order valence-corrected chi connectivity index (χ3v) is 6.75. The number of benzene rings is 1. The van der Waals surface area contributed by atoms with Crippen LogP contribution in [0.5, 0.6) is 5.75 Å². The third kappa shape index (κ3) is 3.34. The van der Waals surface area contributed by atoms with Gasteiger partial charge in [-0.2, -0.15) is 5.10 Å². The molecule has 2 aliphatic rings. The number of carbonyl (C=O) groups is 1. The van der Waals surface area contributed by atoms with Gasteiger partial charge in [0.1, 0.15) is 29.4 Å². The Balaban J connectivity index is 1.41. The predicted octanol–water partition coefficient (Wildman–Crippen LogP) is 2.65. The minimum atomic E-state index is -0.283. The average Bonchev–Trinajstić information content (AvgIpc) is 3.59. The van der Waals surface area contributed by atoms with E-state index < -0.39 is 0 Å². The maximum atomic E-state index is 12.8. The Morgan fingerprint density at radius 3 is 2.85 bits per heavy atom. The van der Waals surface area contributed by atoms with Gasteiger partial charge in [0, 0.05) is 23.4 Å². The molecule has 1 aromatic carbocycles. The molecule has 34 heavy (non-hydrogen) atoms. The molecule has 0 spiro atoms. The Hall–Kier alpha value is -4.05. The maximum Gasteiger partial charge on any atom is 0.256 e. The summed E-state index contributed by atoms with van der Waals surface area (Å²) >= 11 is 0. The van der Waals surface area contributed by atoms with Gasteiger partial charge >= 0.3 is 0 Å². The molecule has 2 fully saturated rings. The fraction of sp³-hybridized carbons (Fsp3) is 0.292. The van der Waals surface area contributed by atoms with Crippen LogP contribution in [0.1, 0.15) is 29.2 Å². The summed E-state index contributed by atoms with van der Waals surface area (Å²) in [6.07, 6.45) is 5.30. The molecule has 3 atom stereocenters. The number of pyridine rings is 1. The second kappa shape index (κ2) is 8.07. The van der Waals surface area contributed by atoms with Crippen LogP contribution in [0.15, 0.2) is 48.9 Å². The van der Waals surface area contributed by atoms with E-state index in [1.807, 2.05) is 16.8 Å². The first-order valence-corrected chi connectivity index (χ1v) is 11.2. The Kier molecular flexibility index (Phi) is 4.88. The monoisotopic (exact) mass is 456 g/mol. The van der Waals surface area contributed by atoms with Crippen LogP contribution in [0.2, 0.25) is 0 Å². The molecule has 4 aromatic rings. The fourth-order valence-corrected chi connectivity index (χ4v) is 5.16. The highest BCUT2D eigenvalue weighted by Gasteiger charge is 2.42. The van der Waals surface area contributed by atoms with Gasteiger partial charge in [0.2, 0.25) is 0 Å². The van der Waals surface area contributed by atoms with Gasteiger partial charge in [0.05, 0.1) is 18.5 Å². The van der Waals surface area contributed by atoms with Crippen molar-refractivity contribution >= 4 is 28.6 Å². The Morgan fingerprint density at radius 2 is 2.12 bits per heavy atom. The first kappa shape index (κ1) is 20.5. The highest BCUT2D eigenvalue weighted by molar-refractivity contribution is 6.05. The quantitative estimate of drug-likeness (QED) is 0.417. The molecule has 1 saturated heterocycles. The van der Waals surface area contributed by atoms with Crippen LogP contribution in [-0.2, 0) is 0 Å². The number of nitrogens with one attached hydrogen (secondary N) is 2. The minimum absolute atomic E-state index is 0.207. The van der Waals surface area contributed by atoms with Crippen molar-refractivity contribution in [1.82, 2.24) is 30.0 Å². The molecule has 1 saturated carbocycles. The van der Waals surface area contributed by atoms with Gasteiger partial charge in [-0.3, -0.25) is 4.79 Å². The van der Waals surface area contributed by atoms with E-state index >= 15 is 0 Å². The zero-order chi connectivity index (χ0) is 23.2. The lowest BCUT2D eigenvalue weighted by Gasteiger charge is -2.23. The van der Waals surface area contributed by atoms with E-state index in [1.165, 1.54) is 6.33 Å². The molecular formula is C24H24N8O2. The number of carbonyl (C=O) groups excluding carboxylic acids is 1. The summed E-state index contributed by atoms with van der Waals surface area (Å²) in [5.74, 6) is 1.72. The van der Waals surface area contributed by atoms with Gasteiger partial charge < -0.3 is 21.1 Å². The number of nitrogen functional groups attached to an aromatic ring is 1. The Bertz CT molecular complexity index is 1390. The molecule has 10 heteroatoms. The zero-order valence-corrected chi connectivity index (χ0v) is 18.6. The summed E-state index contributed by atoms with van der Waals surface area (Å²) in [7, 11) is 1.57. The van der Waals surface area contributed by atoms with Crippen LogP contribution < -0.4 is 21.1 Å². The number of ether oxygens (including phenoxy) is 1. The third-order valence-electron chi connectivity index (χ3n) is 6.75. The number of hydrogen-bond donors (Lipinski definition) is 3. The van der Waals surface area contributed by atoms with Crippen molar-refractivity contribution in [3.05, 3.63) is 54.5 Å². The SMILES string of the molecule is COc1cc(C(=O)Nc2ccccn2)ccc1-c1nn([C@@H]2C[C@@H]3CN[C@@H]2C3)c2ncnc(N)c12. The first-order chi connectivity index (χ1) is 16.6. The number of aromatic nitrogens is 5. The predicted molar refractivity (Wildman–Crippen MR) is 127 cm³/mol. The summed E-state index contributed by atoms with van der Waals surface area (Å²) in [5, 5.41) is 12.0. The number of piperidine rings is 1. The molecule has 4 N–H and O–H groups in total. The lowest BCUT2D eigenvalue weighted by atomic mass is 10.0. The summed E-state index contributed by atoms with van der Waals surface area (Å²) in [5.41, 5.74) is 8.82. The molecule has 0 radical (unpaired) electrons. The van der Waals surface area contributed by atoms with Gasteiger partial charge in [-0.15, -0.1) is 0 Å². The number of amides is 1. The van der Waals surface area contributed by atoms with E-state index in [2.05, 4.69) is 25.6 Å². The lowest BCUT2D eigenvalue weighted by molar-refractivity contribution is 0.102. The fourth-order valence-electron chi connectivity index (χ4n) is 5.16. The van der Waals surface area contributed by atoms with Crippen LogP contribution in [0.4, 0.5) is 11.6 Å². The van der Waals surface area contributed by atoms with Gasteiger partial charge in [0.15, 0.2) is 5.65 Å². The first-order valence-electron chi connectivity index (χ1n) is 11.2. The lowest BCUT2D eigenvalue weighted by Crippen LogP contribution is -2.35. The number of nitrogens with two attached hydrogens (primary N) is 1. The van der Waals surface area contributed by atoms with E-state index in [1.54, 1.807) is 37.6 Å². The van der Waals surface area contributed by atoms with Crippen molar-refractivity contribution in [2.24, 2.45) is 5.92 Å². The Labute approximate surface area is 195 Å². The summed E-state index contributed by atoms with van der Waals surface area (Å²) in [6, 6.07) is 11.2. The molecule has 1 aliphatic heterocycles. The highest BCUT2D eigenvalue weighted by Crippen LogP contribution is 2.43. The van der Waals surface area contributed by atoms with E-state index in [4.69, 9.17) is 15.6 Å². The topological polar surface area (TPSA) is 133 Å². The number of hydrogen-bond acceptors (Lipinski definition) is 8. The van der Waals surface area contributed by atoms with Crippen LogP contribution in [0, 0.1) is 5.92 Å². The smallest absolute Gasteiger partial charge is 0.256 e. The van der Waals surface area contributed by atoms with E-state index in [-0.39, 0.29) is 11.9 Å². The van der Waals surface area contributed by atoms with Gasteiger partial charge in [-0.05, 0) is 55.6 Å². The largest absolute Gasteiger partial charge is 0.496 e. The summed E-state index contributed by atoms with van der Waals surface area (Å²) < 4.78 is 7.66. The minimum Gasteiger partial charge on any atom is -0.496 e. The average molecular weight is 457 g/mol. The zero-order valence-electron chi connectivity index (χ0n) is 18.6. The Morgan fingerprint density at radius 1 is 1.21 bits per heavy atom. The summed E-state index contributed by atoms with van der Waals surface area (Å²) in [6.45, 7) is 1.06. The normalized spacial score (nSPS) is 21.1. The molecule has 4 heterocycles. The number of methoxy groups -OCH3 is 1. The highest BCUT2D eigenvalue weighted by atomic mass is 16.5. The van der Waals surface area contributed by atoms with Crippen molar-refractivity contribution in [3.8, 4) is 17.0 Å². The van der Waals surface area contributed by atoms with Crippen LogP contribution in [0.3, 0.4) is 0 Å². The molecule has 1 amide bonds. The summed E-state index contributed by atoms with van der Waals surface area (Å²) in [4.78, 5) is 25.7. The van der Waals surface area contributed by atoms with Crippen LogP contribution in [-0.4, -0.2) is 50.3 Å². The van der Waals surface area contributed by atoms with E-state index in [0.29, 0.717) is 51.6 Å². The molecule has 172 valence electrons. The molecule has 6 rings (SSSR count). The standard InChI is InChI=1S/C24H24N8O2/c1-34-18-10-14(24(33)30-19-4-2-3-7-26-19)5-6-15(18)21-20-22(25)28-12-29-23(20)32(31-21)17-9-13-8-16(17)27-11-13/h2-7,10,12-13,16-17,27H,8-9,11H2,1H3,(H2,25,28,29)(H,26,30,33)/t13-,16-,17-/m1/s1. The van der Waals surface area contributed by atoms with Crippen molar-refractivity contribution in [1.29, 1.82) is 0 Å². The van der Waals surface area contributed by atoms with E-state index in [0.717, 1.165) is 24.9 Å². The molecule has 2 bridgehead atoms. The number of nitrogens with zero attached hydrogens (tertiary/aromatic N) is 5. The second-order valence-corrected chi connectivity index (χ2v) is 8.75. The van der Waals surface area contributed by atoms with Crippen molar-refractivity contribution in [3.63, 3.8) is 0 Å². The van der Waals surface area contributed by atoms with Crippen LogP contribution >= 0.6 is 0 Å².